The van der Waals surface area contributed by atoms with Crippen molar-refractivity contribution >= 4 is 15.9 Å². The summed E-state index contributed by atoms with van der Waals surface area (Å²) < 4.78 is 43.2. The van der Waals surface area contributed by atoms with Crippen molar-refractivity contribution in [1.82, 2.24) is 0 Å². The lowest BCUT2D eigenvalue weighted by molar-refractivity contribution is 0.174. The van der Waals surface area contributed by atoms with Crippen LogP contribution in [0.1, 0.15) is 5.56 Å². The summed E-state index contributed by atoms with van der Waals surface area (Å²) in [6.45, 7) is 0.126. The first-order valence-corrected chi connectivity index (χ1v) is 6.91. The van der Waals surface area contributed by atoms with Crippen molar-refractivity contribution in [2.24, 2.45) is 0 Å². The van der Waals surface area contributed by atoms with Crippen LogP contribution in [0.4, 0.5) is 8.78 Å². The third-order valence-electron chi connectivity index (χ3n) is 2.78. The number of hydrogen-bond acceptors (Lipinski definition) is 3. The molecule has 0 N–H and O–H groups in total. The minimum absolute atomic E-state index is 0.126. The van der Waals surface area contributed by atoms with Gasteiger partial charge in [-0.15, -0.1) is 0 Å². The van der Waals surface area contributed by atoms with Crippen molar-refractivity contribution in [2.75, 3.05) is 6.79 Å². The molecule has 0 spiro atoms. The van der Waals surface area contributed by atoms with Gasteiger partial charge in [-0.3, -0.25) is 0 Å². The maximum Gasteiger partial charge on any atom is 0.231 e. The molecule has 3 rings (SSSR count). The molecular weight excluding hydrogens is 334 g/mol. The van der Waals surface area contributed by atoms with Crippen LogP contribution in [0.2, 0.25) is 0 Å². The first-order valence-electron chi connectivity index (χ1n) is 5.79. The zero-order valence-electron chi connectivity index (χ0n) is 10.2. The lowest BCUT2D eigenvalue weighted by atomic mass is 10.2. The molecule has 0 bridgehead atoms. The Hall–Kier alpha value is -1.82. The topological polar surface area (TPSA) is 27.7 Å². The first kappa shape index (κ1) is 13.2. The molecule has 0 saturated carbocycles. The second-order valence-electron chi connectivity index (χ2n) is 4.14. The molecule has 6 heteroatoms. The third kappa shape index (κ3) is 2.43. The van der Waals surface area contributed by atoms with E-state index in [1.807, 2.05) is 0 Å². The molecule has 1 aliphatic rings. The van der Waals surface area contributed by atoms with Gasteiger partial charge in [-0.25, -0.2) is 8.78 Å². The average molecular weight is 343 g/mol. The van der Waals surface area contributed by atoms with Gasteiger partial charge >= 0.3 is 0 Å². The van der Waals surface area contributed by atoms with Gasteiger partial charge in [0.05, 0.1) is 0 Å². The van der Waals surface area contributed by atoms with Gasteiger partial charge in [0.2, 0.25) is 6.79 Å². The van der Waals surface area contributed by atoms with Crippen LogP contribution >= 0.6 is 15.9 Å². The Kier molecular flexibility index (Phi) is 3.48. The average Bonchev–Trinajstić information content (AvgIpc) is 2.90. The Morgan fingerprint density at radius 1 is 1.05 bits per heavy atom. The van der Waals surface area contributed by atoms with Crippen LogP contribution in [-0.4, -0.2) is 6.79 Å². The van der Waals surface area contributed by atoms with Crippen LogP contribution < -0.4 is 14.2 Å². The Labute approximate surface area is 122 Å². The smallest absolute Gasteiger partial charge is 0.231 e. The Balaban J connectivity index is 1.91. The molecule has 0 amide bonds. The van der Waals surface area contributed by atoms with Gasteiger partial charge in [-0.2, -0.15) is 0 Å². The summed E-state index contributed by atoms with van der Waals surface area (Å²) in [6.07, 6.45) is 0. The van der Waals surface area contributed by atoms with E-state index in [-0.39, 0.29) is 12.5 Å². The van der Waals surface area contributed by atoms with Gasteiger partial charge in [-0.1, -0.05) is 15.9 Å². The maximum absolute atomic E-state index is 13.8. The van der Waals surface area contributed by atoms with Gasteiger partial charge in [0.1, 0.15) is 5.75 Å². The van der Waals surface area contributed by atoms with Crippen LogP contribution in [0.5, 0.6) is 23.0 Å². The Morgan fingerprint density at radius 2 is 1.75 bits per heavy atom. The lowest BCUT2D eigenvalue weighted by Gasteiger charge is -2.09. The normalized spacial score (nSPS) is 12.6. The monoisotopic (exact) mass is 342 g/mol. The zero-order valence-corrected chi connectivity index (χ0v) is 11.7. The van der Waals surface area contributed by atoms with Crippen LogP contribution in [-0.2, 0) is 5.33 Å². The van der Waals surface area contributed by atoms with E-state index in [2.05, 4.69) is 15.9 Å². The SMILES string of the molecule is Fc1cc(CBr)cc(F)c1Oc1ccc2c(c1)OCO2. The van der Waals surface area contributed by atoms with Crippen molar-refractivity contribution in [3.63, 3.8) is 0 Å². The van der Waals surface area contributed by atoms with E-state index >= 15 is 0 Å². The fourth-order valence-electron chi connectivity index (χ4n) is 1.85. The number of rotatable bonds is 3. The van der Waals surface area contributed by atoms with Gasteiger partial charge in [0.15, 0.2) is 28.9 Å². The molecule has 0 unspecified atom stereocenters. The molecule has 1 heterocycles. The van der Waals surface area contributed by atoms with E-state index in [0.29, 0.717) is 22.4 Å². The largest absolute Gasteiger partial charge is 0.454 e. The Morgan fingerprint density at radius 3 is 2.45 bits per heavy atom. The summed E-state index contributed by atoms with van der Waals surface area (Å²) in [7, 11) is 0. The molecule has 3 nitrogen and oxygen atoms in total. The van der Waals surface area contributed by atoms with E-state index < -0.39 is 17.4 Å². The quantitative estimate of drug-likeness (QED) is 0.774. The number of fused-ring (bicyclic) bond motifs is 1. The Bertz CT molecular complexity index is 638. The highest BCUT2D eigenvalue weighted by Crippen LogP contribution is 2.37. The second-order valence-corrected chi connectivity index (χ2v) is 4.70. The summed E-state index contributed by atoms with van der Waals surface area (Å²) in [5, 5.41) is 0.366. The second kappa shape index (κ2) is 5.28. The molecule has 1 aliphatic heterocycles. The van der Waals surface area contributed by atoms with E-state index in [1.54, 1.807) is 12.1 Å². The molecule has 104 valence electrons. The fourth-order valence-corrected chi connectivity index (χ4v) is 2.17. The fraction of sp³-hybridized carbons (Fsp3) is 0.143. The third-order valence-corrected chi connectivity index (χ3v) is 3.42. The highest BCUT2D eigenvalue weighted by atomic mass is 79.9. The molecule has 0 aromatic heterocycles. The number of alkyl halides is 1. The molecule has 20 heavy (non-hydrogen) atoms. The van der Waals surface area contributed by atoms with E-state index in [9.17, 15) is 8.78 Å². The highest BCUT2D eigenvalue weighted by molar-refractivity contribution is 9.08. The van der Waals surface area contributed by atoms with Gasteiger partial charge in [0, 0.05) is 11.4 Å². The summed E-state index contributed by atoms with van der Waals surface area (Å²) in [5.74, 6) is -0.602. The number of benzene rings is 2. The van der Waals surface area contributed by atoms with Crippen LogP contribution in [0.25, 0.3) is 0 Å². The number of ether oxygens (including phenoxy) is 3. The molecular formula is C14H9BrF2O3. The molecule has 0 atom stereocenters. The standard InChI is InChI=1S/C14H9BrF2O3/c15-6-8-3-10(16)14(11(17)4-8)20-9-1-2-12-13(5-9)19-7-18-12/h1-5H,6-7H2. The van der Waals surface area contributed by atoms with E-state index in [1.165, 1.54) is 18.2 Å². The molecule has 0 aliphatic carbocycles. The van der Waals surface area contributed by atoms with Gasteiger partial charge < -0.3 is 14.2 Å². The number of halogens is 3. The molecule has 0 saturated heterocycles. The van der Waals surface area contributed by atoms with Crippen molar-refractivity contribution in [1.29, 1.82) is 0 Å². The van der Waals surface area contributed by atoms with Crippen LogP contribution in [0.15, 0.2) is 30.3 Å². The van der Waals surface area contributed by atoms with Crippen molar-refractivity contribution in [2.45, 2.75) is 5.33 Å². The van der Waals surface area contributed by atoms with E-state index in [4.69, 9.17) is 14.2 Å². The molecule has 2 aromatic rings. The van der Waals surface area contributed by atoms with Gasteiger partial charge in [-0.05, 0) is 29.8 Å². The van der Waals surface area contributed by atoms with Crippen molar-refractivity contribution < 1.29 is 23.0 Å². The molecule has 2 aromatic carbocycles. The minimum atomic E-state index is -0.753. The summed E-state index contributed by atoms with van der Waals surface area (Å²) in [4.78, 5) is 0. The van der Waals surface area contributed by atoms with Crippen LogP contribution in [0, 0.1) is 11.6 Å². The minimum Gasteiger partial charge on any atom is -0.454 e. The highest BCUT2D eigenvalue weighted by Gasteiger charge is 2.17. The number of hydrogen-bond donors (Lipinski definition) is 0. The molecule has 0 fully saturated rings. The summed E-state index contributed by atoms with van der Waals surface area (Å²) in [5.41, 5.74) is 0.498. The zero-order chi connectivity index (χ0) is 14.1. The lowest BCUT2D eigenvalue weighted by Crippen LogP contribution is -1.95. The maximum atomic E-state index is 13.8. The van der Waals surface area contributed by atoms with Crippen molar-refractivity contribution in [3.05, 3.63) is 47.5 Å². The van der Waals surface area contributed by atoms with E-state index in [0.717, 1.165) is 0 Å². The predicted molar refractivity (Wildman–Crippen MR) is 71.6 cm³/mol. The van der Waals surface area contributed by atoms with Gasteiger partial charge in [0.25, 0.3) is 0 Å². The molecule has 0 radical (unpaired) electrons. The van der Waals surface area contributed by atoms with Crippen molar-refractivity contribution in [3.8, 4) is 23.0 Å². The summed E-state index contributed by atoms with van der Waals surface area (Å²) >= 11 is 3.15. The predicted octanol–water partition coefficient (Wildman–Crippen LogP) is 4.38. The first-order chi connectivity index (χ1) is 9.67. The summed E-state index contributed by atoms with van der Waals surface area (Å²) in [6, 6.07) is 7.16. The van der Waals surface area contributed by atoms with Crippen LogP contribution in [0.3, 0.4) is 0 Å².